The Bertz CT molecular complexity index is 603. The van der Waals surface area contributed by atoms with Crippen LogP contribution in [-0.4, -0.2) is 30.5 Å². The van der Waals surface area contributed by atoms with Gasteiger partial charge in [0.05, 0.1) is 6.61 Å². The molecule has 0 radical (unpaired) electrons. The van der Waals surface area contributed by atoms with E-state index in [1.807, 2.05) is 46.8 Å². The predicted molar refractivity (Wildman–Crippen MR) is 93.8 cm³/mol. The van der Waals surface area contributed by atoms with Gasteiger partial charge in [0.1, 0.15) is 11.4 Å². The molecule has 138 valence electrons. The van der Waals surface area contributed by atoms with Crippen molar-refractivity contribution in [3.63, 3.8) is 0 Å². The van der Waals surface area contributed by atoms with Crippen molar-refractivity contribution >= 4 is 12.2 Å². The summed E-state index contributed by atoms with van der Waals surface area (Å²) in [5, 5.41) is 2.87. The Labute approximate surface area is 148 Å². The Hall–Kier alpha value is -2.24. The van der Waals surface area contributed by atoms with E-state index in [2.05, 4.69) is 5.32 Å². The van der Waals surface area contributed by atoms with E-state index in [-0.39, 0.29) is 17.9 Å². The number of hydrogen-bond donors (Lipinski definition) is 1. The zero-order valence-corrected chi connectivity index (χ0v) is 15.5. The lowest BCUT2D eigenvalue weighted by atomic mass is 10.1. The summed E-state index contributed by atoms with van der Waals surface area (Å²) in [6, 6.07) is 7.33. The highest BCUT2D eigenvalue weighted by Gasteiger charge is 2.40. The van der Waals surface area contributed by atoms with Gasteiger partial charge < -0.3 is 19.5 Å². The van der Waals surface area contributed by atoms with Gasteiger partial charge in [-0.2, -0.15) is 0 Å². The monoisotopic (exact) mass is 349 g/mol. The first-order valence-corrected chi connectivity index (χ1v) is 8.58. The van der Waals surface area contributed by atoms with Gasteiger partial charge >= 0.3 is 12.2 Å². The van der Waals surface area contributed by atoms with Crippen molar-refractivity contribution in [2.24, 2.45) is 5.92 Å². The largest absolute Gasteiger partial charge is 0.513 e. The summed E-state index contributed by atoms with van der Waals surface area (Å²) in [6.07, 6.45) is -0.222. The van der Waals surface area contributed by atoms with E-state index in [1.54, 1.807) is 12.1 Å². The first kappa shape index (κ1) is 19.1. The fraction of sp³-hybridized carbons (Fsp3) is 0.579. The molecule has 1 aromatic carbocycles. The van der Waals surface area contributed by atoms with Gasteiger partial charge in [-0.05, 0) is 50.8 Å². The third kappa shape index (κ3) is 6.64. The minimum atomic E-state index is -0.697. The molecule has 6 nitrogen and oxygen atoms in total. The van der Waals surface area contributed by atoms with Crippen LogP contribution >= 0.6 is 0 Å². The first-order valence-electron chi connectivity index (χ1n) is 8.58. The summed E-state index contributed by atoms with van der Waals surface area (Å²) < 4.78 is 15.3. The number of alkyl carbamates (subject to hydrolysis) is 1. The number of rotatable bonds is 5. The van der Waals surface area contributed by atoms with Gasteiger partial charge in [-0.25, -0.2) is 9.59 Å². The Morgan fingerprint density at radius 3 is 2.40 bits per heavy atom. The molecule has 1 aliphatic rings. The van der Waals surface area contributed by atoms with Crippen LogP contribution in [0.2, 0.25) is 0 Å². The van der Waals surface area contributed by atoms with Crippen LogP contribution in [0, 0.1) is 5.92 Å². The Kier molecular flexibility index (Phi) is 5.93. The lowest BCUT2D eigenvalue weighted by Gasteiger charge is -2.19. The third-order valence-electron chi connectivity index (χ3n) is 3.54. The van der Waals surface area contributed by atoms with Crippen molar-refractivity contribution in [3.05, 3.63) is 29.8 Å². The maximum absolute atomic E-state index is 11.8. The first-order chi connectivity index (χ1) is 11.6. The summed E-state index contributed by atoms with van der Waals surface area (Å²) >= 11 is 0. The van der Waals surface area contributed by atoms with Gasteiger partial charge in [-0.15, -0.1) is 0 Å². The molecule has 2 atom stereocenters. The van der Waals surface area contributed by atoms with E-state index in [9.17, 15) is 9.59 Å². The minimum Gasteiger partial charge on any atom is -0.444 e. The van der Waals surface area contributed by atoms with Gasteiger partial charge in [0.2, 0.25) is 0 Å². The number of amides is 1. The molecule has 0 aromatic heterocycles. The molecule has 2 unspecified atom stereocenters. The van der Waals surface area contributed by atoms with E-state index in [0.29, 0.717) is 12.4 Å². The number of carbonyl (C=O) groups is 2. The molecular weight excluding hydrogens is 322 g/mol. The molecule has 25 heavy (non-hydrogen) atoms. The van der Waals surface area contributed by atoms with Gasteiger partial charge in [0.25, 0.3) is 0 Å². The maximum Gasteiger partial charge on any atom is 0.513 e. The van der Waals surface area contributed by atoms with Crippen molar-refractivity contribution in [2.45, 2.75) is 58.6 Å². The molecule has 1 aliphatic carbocycles. The molecule has 1 fully saturated rings. The topological polar surface area (TPSA) is 73.9 Å². The van der Waals surface area contributed by atoms with E-state index >= 15 is 0 Å². The van der Waals surface area contributed by atoms with Crippen molar-refractivity contribution in [3.8, 4) is 5.75 Å². The van der Waals surface area contributed by atoms with Crippen LogP contribution in [-0.2, 0) is 9.47 Å². The molecule has 0 aliphatic heterocycles. The quantitative estimate of drug-likeness (QED) is 0.636. The van der Waals surface area contributed by atoms with E-state index in [4.69, 9.17) is 14.2 Å². The number of benzene rings is 1. The summed E-state index contributed by atoms with van der Waals surface area (Å²) in [5.41, 5.74) is 0.585. The van der Waals surface area contributed by atoms with Crippen molar-refractivity contribution in [1.82, 2.24) is 5.32 Å². The molecule has 0 bridgehead atoms. The number of hydrogen-bond acceptors (Lipinski definition) is 5. The van der Waals surface area contributed by atoms with Crippen LogP contribution in [0.4, 0.5) is 9.59 Å². The standard InChI is InChI=1S/C19H27NO5/c1-12(2)11-23-18(22)24-14-8-6-13(7-9-14)15-10-16(15)20-17(21)25-19(3,4)5/h6-9,12,15-16H,10-11H2,1-5H3,(H,20,21). The summed E-state index contributed by atoms with van der Waals surface area (Å²) in [6.45, 7) is 9.75. The molecule has 0 saturated heterocycles. The molecule has 1 N–H and O–H groups in total. The highest BCUT2D eigenvalue weighted by Crippen LogP contribution is 2.41. The van der Waals surface area contributed by atoms with E-state index in [1.165, 1.54) is 0 Å². The number of ether oxygens (including phenoxy) is 3. The van der Waals surface area contributed by atoms with Gasteiger partial charge in [0.15, 0.2) is 0 Å². The zero-order valence-electron chi connectivity index (χ0n) is 15.5. The average molecular weight is 349 g/mol. The summed E-state index contributed by atoms with van der Waals surface area (Å²) in [4.78, 5) is 23.3. The number of carbonyl (C=O) groups excluding carboxylic acids is 2. The van der Waals surface area contributed by atoms with Crippen molar-refractivity contribution in [1.29, 1.82) is 0 Å². The molecule has 1 saturated carbocycles. The summed E-state index contributed by atoms with van der Waals surface area (Å²) in [5.74, 6) is 0.962. The van der Waals surface area contributed by atoms with Crippen LogP contribution in [0.15, 0.2) is 24.3 Å². The molecule has 0 heterocycles. The van der Waals surface area contributed by atoms with Crippen LogP contribution < -0.4 is 10.1 Å². The molecule has 6 heteroatoms. The van der Waals surface area contributed by atoms with E-state index in [0.717, 1.165) is 12.0 Å². The molecule has 1 aromatic rings. The fourth-order valence-electron chi connectivity index (χ4n) is 2.33. The summed E-state index contributed by atoms with van der Waals surface area (Å²) in [7, 11) is 0. The molecular formula is C19H27NO5. The SMILES string of the molecule is CC(C)COC(=O)Oc1ccc(C2CC2NC(=O)OC(C)(C)C)cc1. The highest BCUT2D eigenvalue weighted by atomic mass is 16.7. The Morgan fingerprint density at radius 1 is 1.20 bits per heavy atom. The van der Waals surface area contributed by atoms with Crippen LogP contribution in [0.1, 0.15) is 52.5 Å². The fourth-order valence-corrected chi connectivity index (χ4v) is 2.33. The molecule has 1 amide bonds. The highest BCUT2D eigenvalue weighted by molar-refractivity contribution is 5.69. The smallest absolute Gasteiger partial charge is 0.444 e. The van der Waals surface area contributed by atoms with Gasteiger partial charge in [0, 0.05) is 12.0 Å². The molecule has 0 spiro atoms. The lowest BCUT2D eigenvalue weighted by molar-refractivity contribution is 0.0522. The zero-order chi connectivity index (χ0) is 18.6. The number of nitrogens with one attached hydrogen (secondary N) is 1. The third-order valence-corrected chi connectivity index (χ3v) is 3.54. The predicted octanol–water partition coefficient (Wildman–Crippen LogP) is 4.24. The second-order valence-electron chi connectivity index (χ2n) is 7.72. The van der Waals surface area contributed by atoms with Gasteiger partial charge in [-0.3, -0.25) is 0 Å². The molecule has 2 rings (SSSR count). The van der Waals surface area contributed by atoms with Crippen LogP contribution in [0.3, 0.4) is 0 Å². The maximum atomic E-state index is 11.8. The van der Waals surface area contributed by atoms with Crippen molar-refractivity contribution < 1.29 is 23.8 Å². The van der Waals surface area contributed by atoms with E-state index < -0.39 is 17.8 Å². The van der Waals surface area contributed by atoms with Crippen LogP contribution in [0.5, 0.6) is 5.75 Å². The Morgan fingerprint density at radius 2 is 1.84 bits per heavy atom. The minimum absolute atomic E-state index is 0.0811. The normalized spacial score (nSPS) is 19.3. The van der Waals surface area contributed by atoms with Crippen LogP contribution in [0.25, 0.3) is 0 Å². The second-order valence-corrected chi connectivity index (χ2v) is 7.72. The Balaban J connectivity index is 1.79. The lowest BCUT2D eigenvalue weighted by Crippen LogP contribution is -2.34. The average Bonchev–Trinajstić information content (AvgIpc) is 3.23. The van der Waals surface area contributed by atoms with Crippen molar-refractivity contribution in [2.75, 3.05) is 6.61 Å². The second kappa shape index (κ2) is 7.76. The van der Waals surface area contributed by atoms with Gasteiger partial charge in [-0.1, -0.05) is 26.0 Å².